The first-order valence-corrected chi connectivity index (χ1v) is 6.86. The number of rotatable bonds is 3. The molecule has 0 spiro atoms. The molecular formula is C15H9BrN2O3. The average Bonchev–Trinajstić information content (AvgIpc) is 2.51. The van der Waals surface area contributed by atoms with Crippen molar-refractivity contribution in [2.45, 2.75) is 0 Å². The van der Waals surface area contributed by atoms with E-state index in [4.69, 9.17) is 9.84 Å². The van der Waals surface area contributed by atoms with E-state index in [-0.39, 0.29) is 11.7 Å². The zero-order valence-electron chi connectivity index (χ0n) is 10.7. The number of hydrogen-bond acceptors (Lipinski definition) is 4. The molecule has 1 aromatic heterocycles. The minimum atomic E-state index is -1.13. The van der Waals surface area contributed by atoms with Crippen molar-refractivity contribution in [2.75, 3.05) is 0 Å². The Bertz CT molecular complexity index is 836. The summed E-state index contributed by atoms with van der Waals surface area (Å²) < 4.78 is 6.34. The van der Waals surface area contributed by atoms with Gasteiger partial charge in [0.2, 0.25) is 0 Å². The third-order valence-corrected chi connectivity index (χ3v) is 3.70. The molecule has 0 amide bonds. The van der Waals surface area contributed by atoms with E-state index >= 15 is 0 Å². The summed E-state index contributed by atoms with van der Waals surface area (Å²) in [4.78, 5) is 18.6. The van der Waals surface area contributed by atoms with Gasteiger partial charge in [0, 0.05) is 6.20 Å². The molecule has 0 atom stereocenters. The number of carboxylic acid groups (broad SMARTS) is 1. The van der Waals surface area contributed by atoms with Crippen molar-refractivity contribution >= 4 is 32.7 Å². The van der Waals surface area contributed by atoms with Gasteiger partial charge in [0.15, 0.2) is 5.69 Å². The van der Waals surface area contributed by atoms with Crippen LogP contribution >= 0.6 is 15.9 Å². The molecule has 1 heterocycles. The topological polar surface area (TPSA) is 72.3 Å². The van der Waals surface area contributed by atoms with Crippen LogP contribution in [0, 0.1) is 0 Å². The van der Waals surface area contributed by atoms with Crippen molar-refractivity contribution in [3.63, 3.8) is 0 Å². The lowest BCUT2D eigenvalue weighted by atomic mass is 10.1. The summed E-state index contributed by atoms with van der Waals surface area (Å²) in [5, 5.41) is 11.0. The van der Waals surface area contributed by atoms with E-state index in [1.54, 1.807) is 6.07 Å². The molecule has 104 valence electrons. The number of carbonyl (C=O) groups is 1. The van der Waals surface area contributed by atoms with Crippen molar-refractivity contribution in [1.82, 2.24) is 9.97 Å². The lowest BCUT2D eigenvalue weighted by Gasteiger charge is -2.08. The Morgan fingerprint density at radius 3 is 2.76 bits per heavy atom. The van der Waals surface area contributed by atoms with Crippen LogP contribution in [0.5, 0.6) is 11.8 Å². The van der Waals surface area contributed by atoms with Crippen LogP contribution in [0.3, 0.4) is 0 Å². The summed E-state index contributed by atoms with van der Waals surface area (Å²) in [5.41, 5.74) is -0.114. The lowest BCUT2D eigenvalue weighted by molar-refractivity contribution is 0.0689. The molecule has 0 aliphatic carbocycles. The third-order valence-electron chi connectivity index (χ3n) is 2.88. The Morgan fingerprint density at radius 1 is 1.14 bits per heavy atom. The van der Waals surface area contributed by atoms with Crippen molar-refractivity contribution in [1.29, 1.82) is 0 Å². The van der Waals surface area contributed by atoms with Gasteiger partial charge in [-0.15, -0.1) is 0 Å². The molecule has 0 saturated heterocycles. The molecule has 0 radical (unpaired) electrons. The molecule has 2 aromatic carbocycles. The highest BCUT2D eigenvalue weighted by atomic mass is 79.9. The largest absolute Gasteiger partial charge is 0.477 e. The zero-order chi connectivity index (χ0) is 14.8. The van der Waals surface area contributed by atoms with E-state index in [2.05, 4.69) is 25.9 Å². The number of aromatic nitrogens is 2. The maximum Gasteiger partial charge on any atom is 0.354 e. The van der Waals surface area contributed by atoms with Gasteiger partial charge in [-0.2, -0.15) is 4.98 Å². The fraction of sp³-hybridized carbons (Fsp3) is 0. The van der Waals surface area contributed by atoms with E-state index in [1.807, 2.05) is 30.3 Å². The molecular weight excluding hydrogens is 336 g/mol. The number of halogens is 1. The van der Waals surface area contributed by atoms with Crippen LogP contribution in [0.15, 0.2) is 53.1 Å². The number of benzene rings is 2. The first-order chi connectivity index (χ1) is 10.1. The van der Waals surface area contributed by atoms with Crippen LogP contribution in [0.25, 0.3) is 10.8 Å². The number of hydrogen-bond donors (Lipinski definition) is 1. The molecule has 0 bridgehead atoms. The molecule has 6 heteroatoms. The van der Waals surface area contributed by atoms with Crippen molar-refractivity contribution < 1.29 is 14.6 Å². The Kier molecular flexibility index (Phi) is 3.53. The second-order valence-corrected chi connectivity index (χ2v) is 5.02. The number of nitrogens with zero attached hydrogens (tertiary/aromatic N) is 2. The molecule has 0 saturated carbocycles. The number of ether oxygens (including phenoxy) is 1. The first kappa shape index (κ1) is 13.5. The van der Waals surface area contributed by atoms with E-state index in [1.165, 1.54) is 12.3 Å². The van der Waals surface area contributed by atoms with Gasteiger partial charge in [-0.1, -0.05) is 30.3 Å². The molecule has 5 nitrogen and oxygen atoms in total. The Labute approximate surface area is 128 Å². The summed E-state index contributed by atoms with van der Waals surface area (Å²) in [6.07, 6.45) is 1.35. The molecule has 0 aliphatic rings. The van der Waals surface area contributed by atoms with Crippen LogP contribution in [0.2, 0.25) is 0 Å². The zero-order valence-corrected chi connectivity index (χ0v) is 12.2. The van der Waals surface area contributed by atoms with Gasteiger partial charge >= 0.3 is 12.0 Å². The van der Waals surface area contributed by atoms with Gasteiger partial charge in [-0.3, -0.25) is 0 Å². The fourth-order valence-corrected chi connectivity index (χ4v) is 2.47. The third kappa shape index (κ3) is 2.71. The number of fused-ring (bicyclic) bond motifs is 1. The summed E-state index contributed by atoms with van der Waals surface area (Å²) in [6.45, 7) is 0. The minimum Gasteiger partial charge on any atom is -0.477 e. The first-order valence-electron chi connectivity index (χ1n) is 6.06. The predicted octanol–water partition coefficient (Wildman–Crippen LogP) is 3.88. The number of aromatic carboxylic acids is 1. The molecule has 1 N–H and O–H groups in total. The highest BCUT2D eigenvalue weighted by molar-refractivity contribution is 9.10. The molecule has 0 aliphatic heterocycles. The van der Waals surface area contributed by atoms with Crippen molar-refractivity contribution in [3.8, 4) is 11.8 Å². The second kappa shape index (κ2) is 5.49. The highest BCUT2D eigenvalue weighted by Crippen LogP contribution is 2.34. The van der Waals surface area contributed by atoms with Gasteiger partial charge < -0.3 is 9.84 Å². The minimum absolute atomic E-state index is 0.00844. The maximum absolute atomic E-state index is 10.9. The Balaban J connectivity index is 2.00. The molecule has 0 unspecified atom stereocenters. The predicted molar refractivity (Wildman–Crippen MR) is 80.7 cm³/mol. The molecule has 21 heavy (non-hydrogen) atoms. The van der Waals surface area contributed by atoms with Gasteiger partial charge in [0.05, 0.1) is 4.47 Å². The van der Waals surface area contributed by atoms with Crippen LogP contribution in [-0.4, -0.2) is 21.0 Å². The van der Waals surface area contributed by atoms with Crippen LogP contribution in [0.4, 0.5) is 0 Å². The molecule has 3 aromatic rings. The normalized spacial score (nSPS) is 10.5. The monoisotopic (exact) mass is 344 g/mol. The maximum atomic E-state index is 10.9. The van der Waals surface area contributed by atoms with Gasteiger partial charge in [0.25, 0.3) is 0 Å². The van der Waals surface area contributed by atoms with Gasteiger partial charge in [0.1, 0.15) is 5.75 Å². The van der Waals surface area contributed by atoms with Gasteiger partial charge in [-0.25, -0.2) is 9.78 Å². The van der Waals surface area contributed by atoms with Gasteiger partial charge in [-0.05, 0) is 38.8 Å². The quantitative estimate of drug-likeness (QED) is 0.780. The van der Waals surface area contributed by atoms with Crippen LogP contribution < -0.4 is 4.74 Å². The van der Waals surface area contributed by atoms with E-state index < -0.39 is 5.97 Å². The molecule has 0 fully saturated rings. The summed E-state index contributed by atoms with van der Waals surface area (Å²) >= 11 is 3.49. The Morgan fingerprint density at radius 2 is 1.95 bits per heavy atom. The fourth-order valence-electron chi connectivity index (χ4n) is 1.90. The van der Waals surface area contributed by atoms with Crippen molar-refractivity contribution in [3.05, 3.63) is 58.8 Å². The number of carboxylic acids is 1. The second-order valence-electron chi connectivity index (χ2n) is 4.23. The van der Waals surface area contributed by atoms with Crippen LogP contribution in [0.1, 0.15) is 10.5 Å². The average molecular weight is 345 g/mol. The van der Waals surface area contributed by atoms with E-state index in [9.17, 15) is 4.79 Å². The van der Waals surface area contributed by atoms with Crippen molar-refractivity contribution in [2.24, 2.45) is 0 Å². The molecule has 3 rings (SSSR count). The summed E-state index contributed by atoms with van der Waals surface area (Å²) in [5.74, 6) is -0.601. The van der Waals surface area contributed by atoms with Crippen LogP contribution in [-0.2, 0) is 0 Å². The summed E-state index contributed by atoms with van der Waals surface area (Å²) in [7, 11) is 0. The van der Waals surface area contributed by atoms with E-state index in [0.29, 0.717) is 5.75 Å². The Hall–Kier alpha value is -2.47. The van der Waals surface area contributed by atoms with E-state index in [0.717, 1.165) is 15.2 Å². The lowest BCUT2D eigenvalue weighted by Crippen LogP contribution is -2.02. The highest BCUT2D eigenvalue weighted by Gasteiger charge is 2.11. The standard InChI is InChI=1S/C15H9BrN2O3/c16-13-10-4-2-1-3-9(10)5-6-12(13)21-15-17-8-7-11(18-15)14(19)20/h1-8H,(H,19,20). The summed E-state index contributed by atoms with van der Waals surface area (Å²) in [6, 6.07) is 12.8. The smallest absolute Gasteiger partial charge is 0.354 e. The SMILES string of the molecule is O=C(O)c1ccnc(Oc2ccc3ccccc3c2Br)n1.